The minimum atomic E-state index is -1.09. The molecule has 0 aliphatic carbocycles. The summed E-state index contributed by atoms with van der Waals surface area (Å²) in [6.45, 7) is 2.48. The molecule has 1 aromatic heterocycles. The summed E-state index contributed by atoms with van der Waals surface area (Å²) in [6.07, 6.45) is 0.751. The minimum Gasteiger partial charge on any atom is -0.398 e. The fourth-order valence-electron chi connectivity index (χ4n) is 2.03. The van der Waals surface area contributed by atoms with E-state index in [-0.39, 0.29) is 16.5 Å². The van der Waals surface area contributed by atoms with Crippen LogP contribution in [-0.2, 0) is 23.9 Å². The highest BCUT2D eigenvalue weighted by Gasteiger charge is 2.32. The number of rotatable bonds is 11. The van der Waals surface area contributed by atoms with Gasteiger partial charge in [-0.1, -0.05) is 18.5 Å². The van der Waals surface area contributed by atoms with Gasteiger partial charge >= 0.3 is 0 Å². The molecule has 2 amide bonds. The molecule has 1 atom stereocenters. The van der Waals surface area contributed by atoms with Gasteiger partial charge in [-0.2, -0.15) is 0 Å². The van der Waals surface area contributed by atoms with Gasteiger partial charge in [-0.05, 0) is 6.42 Å². The Hall–Kier alpha value is -2.24. The van der Waals surface area contributed by atoms with Gasteiger partial charge in [0.25, 0.3) is 5.91 Å². The summed E-state index contributed by atoms with van der Waals surface area (Å²) in [5.74, 6) is -1.11. The van der Waals surface area contributed by atoms with Crippen molar-refractivity contribution in [3.63, 3.8) is 0 Å². The van der Waals surface area contributed by atoms with E-state index in [2.05, 4.69) is 20.8 Å². The van der Waals surface area contributed by atoms with Crippen LogP contribution in [0, 0.1) is 0 Å². The predicted molar refractivity (Wildman–Crippen MR) is 97.7 cm³/mol. The molecule has 0 aliphatic heterocycles. The number of hydrogen-bond donors (Lipinski definition) is 3. The highest BCUT2D eigenvalue weighted by Crippen LogP contribution is 2.13. The maximum absolute atomic E-state index is 12.6. The number of nitrogens with zero attached hydrogens (tertiary/aromatic N) is 2. The molecule has 1 unspecified atom stereocenters. The average Bonchev–Trinajstić information content (AvgIpc) is 3.05. The molecule has 4 N–H and O–H groups in total. The van der Waals surface area contributed by atoms with Gasteiger partial charge in [0.1, 0.15) is 12.8 Å². The summed E-state index contributed by atoms with van der Waals surface area (Å²) in [4.78, 5) is 33.8. The molecular formula is C15H25N5O5S. The highest BCUT2D eigenvalue weighted by molar-refractivity contribution is 7.13. The molecule has 146 valence electrons. The standard InChI is InChI=1S/C15H25N5O5S/c1-5-6-7-17-12(21)11(14(23-2)24-3)19-13(22)10(20-25-4)9-8-26-15(16)18-9/h8,11,14H,5-7H2,1-4H3,(H2,16,18)(H,17,21)(H,19,22)/b20-10-. The van der Waals surface area contributed by atoms with Crippen LogP contribution >= 0.6 is 11.3 Å². The summed E-state index contributed by atoms with van der Waals surface area (Å²) < 4.78 is 10.3. The first-order valence-corrected chi connectivity index (χ1v) is 8.83. The molecule has 11 heteroatoms. The topological polar surface area (TPSA) is 137 Å². The van der Waals surface area contributed by atoms with Crippen molar-refractivity contribution >= 4 is 34.0 Å². The quantitative estimate of drug-likeness (QED) is 0.212. The molecule has 0 saturated carbocycles. The van der Waals surface area contributed by atoms with Crippen molar-refractivity contribution in [1.82, 2.24) is 15.6 Å². The number of aromatic nitrogens is 1. The van der Waals surface area contributed by atoms with Crippen molar-refractivity contribution in [3.8, 4) is 0 Å². The van der Waals surface area contributed by atoms with E-state index in [1.165, 1.54) is 21.3 Å². The molecule has 1 heterocycles. The molecule has 26 heavy (non-hydrogen) atoms. The van der Waals surface area contributed by atoms with Gasteiger partial charge in [0, 0.05) is 26.1 Å². The van der Waals surface area contributed by atoms with Gasteiger partial charge in [-0.3, -0.25) is 9.59 Å². The van der Waals surface area contributed by atoms with Crippen molar-refractivity contribution in [3.05, 3.63) is 11.1 Å². The van der Waals surface area contributed by atoms with Crippen molar-refractivity contribution < 1.29 is 23.9 Å². The average molecular weight is 387 g/mol. The minimum absolute atomic E-state index is 0.113. The maximum atomic E-state index is 12.6. The van der Waals surface area contributed by atoms with Crippen LogP contribution in [0.4, 0.5) is 5.13 Å². The van der Waals surface area contributed by atoms with Crippen molar-refractivity contribution in [2.75, 3.05) is 33.6 Å². The van der Waals surface area contributed by atoms with Crippen LogP contribution in [0.3, 0.4) is 0 Å². The van der Waals surface area contributed by atoms with E-state index in [4.69, 9.17) is 20.0 Å². The Balaban J connectivity index is 2.97. The Morgan fingerprint density at radius 3 is 2.54 bits per heavy atom. The third-order valence-electron chi connectivity index (χ3n) is 3.30. The smallest absolute Gasteiger partial charge is 0.276 e. The first-order valence-electron chi connectivity index (χ1n) is 7.95. The second-order valence-electron chi connectivity index (χ2n) is 5.13. The molecule has 0 saturated heterocycles. The first kappa shape index (κ1) is 21.8. The van der Waals surface area contributed by atoms with E-state index < -0.39 is 24.1 Å². The number of carbonyl (C=O) groups is 2. The Bertz CT molecular complexity index is 617. The molecule has 0 aliphatic rings. The Morgan fingerprint density at radius 1 is 1.35 bits per heavy atom. The summed E-state index contributed by atoms with van der Waals surface area (Å²) in [6, 6.07) is -1.09. The Morgan fingerprint density at radius 2 is 2.04 bits per heavy atom. The molecule has 0 fully saturated rings. The number of methoxy groups -OCH3 is 2. The fourth-order valence-corrected chi connectivity index (χ4v) is 2.57. The van der Waals surface area contributed by atoms with E-state index >= 15 is 0 Å². The number of nitrogens with one attached hydrogen (secondary N) is 2. The lowest BCUT2D eigenvalue weighted by molar-refractivity contribution is -0.152. The van der Waals surface area contributed by atoms with Gasteiger partial charge in [-0.15, -0.1) is 11.3 Å². The molecule has 0 spiro atoms. The predicted octanol–water partition coefficient (Wildman–Crippen LogP) is 0.0958. The van der Waals surface area contributed by atoms with Crippen LogP contribution in [0.2, 0.25) is 0 Å². The summed E-state index contributed by atoms with van der Waals surface area (Å²) in [7, 11) is 4.04. The normalized spacial score (nSPS) is 12.7. The lowest BCUT2D eigenvalue weighted by Gasteiger charge is -2.25. The van der Waals surface area contributed by atoms with Crippen LogP contribution in [0.5, 0.6) is 0 Å². The van der Waals surface area contributed by atoms with E-state index in [1.807, 2.05) is 6.92 Å². The lowest BCUT2D eigenvalue weighted by atomic mass is 10.2. The van der Waals surface area contributed by atoms with Crippen molar-refractivity contribution in [2.45, 2.75) is 32.1 Å². The molecule has 1 aromatic rings. The van der Waals surface area contributed by atoms with Gasteiger partial charge in [0.2, 0.25) is 5.91 Å². The largest absolute Gasteiger partial charge is 0.398 e. The number of thiazole rings is 1. The fraction of sp³-hybridized carbons (Fsp3) is 0.600. The van der Waals surface area contributed by atoms with Gasteiger partial charge < -0.3 is 30.7 Å². The van der Waals surface area contributed by atoms with Gasteiger partial charge in [-0.25, -0.2) is 4.98 Å². The molecule has 0 aromatic carbocycles. The zero-order valence-electron chi connectivity index (χ0n) is 15.3. The van der Waals surface area contributed by atoms with Crippen LogP contribution in [0.25, 0.3) is 0 Å². The summed E-state index contributed by atoms with van der Waals surface area (Å²) in [5.41, 5.74) is 5.72. The summed E-state index contributed by atoms with van der Waals surface area (Å²) in [5, 5.41) is 10.8. The van der Waals surface area contributed by atoms with E-state index in [9.17, 15) is 9.59 Å². The number of amides is 2. The molecule has 0 bridgehead atoms. The van der Waals surface area contributed by atoms with E-state index in [0.29, 0.717) is 6.54 Å². The lowest BCUT2D eigenvalue weighted by Crippen LogP contribution is -2.56. The second-order valence-corrected chi connectivity index (χ2v) is 6.02. The van der Waals surface area contributed by atoms with Crippen molar-refractivity contribution in [1.29, 1.82) is 0 Å². The number of ether oxygens (including phenoxy) is 2. The van der Waals surface area contributed by atoms with Crippen LogP contribution in [0.15, 0.2) is 10.5 Å². The SMILES string of the molecule is CCCCNC(=O)C(NC(=O)/C(=N\OC)c1csc(N)n1)C(OC)OC. The second kappa shape index (κ2) is 11.4. The maximum Gasteiger partial charge on any atom is 0.276 e. The Kier molecular flexibility index (Phi) is 9.55. The van der Waals surface area contributed by atoms with Crippen LogP contribution in [0.1, 0.15) is 25.5 Å². The molecule has 0 radical (unpaired) electrons. The third kappa shape index (κ3) is 6.24. The zero-order valence-corrected chi connectivity index (χ0v) is 16.1. The highest BCUT2D eigenvalue weighted by atomic mass is 32.1. The number of nitrogens with two attached hydrogens (primary N) is 1. The molecule has 1 rings (SSSR count). The number of unbranched alkanes of at least 4 members (excludes halogenated alkanes) is 1. The molecule has 10 nitrogen and oxygen atoms in total. The van der Waals surface area contributed by atoms with Crippen LogP contribution < -0.4 is 16.4 Å². The molecular weight excluding hydrogens is 362 g/mol. The Labute approximate surface area is 156 Å². The number of anilines is 1. The van der Waals surface area contributed by atoms with Crippen LogP contribution in [-0.4, -0.2) is 62.7 Å². The number of carbonyl (C=O) groups excluding carboxylic acids is 2. The van der Waals surface area contributed by atoms with E-state index in [0.717, 1.165) is 24.2 Å². The zero-order chi connectivity index (χ0) is 19.5. The number of hydrogen-bond acceptors (Lipinski definition) is 9. The summed E-state index contributed by atoms with van der Waals surface area (Å²) >= 11 is 1.15. The number of nitrogen functional groups attached to an aromatic ring is 1. The van der Waals surface area contributed by atoms with Gasteiger partial charge in [0.15, 0.2) is 23.2 Å². The van der Waals surface area contributed by atoms with Gasteiger partial charge in [0.05, 0.1) is 0 Å². The third-order valence-corrected chi connectivity index (χ3v) is 3.97. The first-order chi connectivity index (χ1) is 12.5. The monoisotopic (exact) mass is 387 g/mol. The number of oxime groups is 1. The van der Waals surface area contributed by atoms with Crippen molar-refractivity contribution in [2.24, 2.45) is 5.16 Å². The van der Waals surface area contributed by atoms with E-state index in [1.54, 1.807) is 5.38 Å².